The van der Waals surface area contributed by atoms with Gasteiger partial charge in [-0.2, -0.15) is 0 Å². The normalized spacial score (nSPS) is 23.9. The van der Waals surface area contributed by atoms with Crippen LogP contribution < -0.4 is 4.72 Å². The summed E-state index contributed by atoms with van der Waals surface area (Å²) in [4.78, 5) is 24.8. The number of benzene rings is 1. The number of ether oxygens (including phenoxy) is 1. The Labute approximate surface area is 192 Å². The molecule has 178 valence electrons. The predicted molar refractivity (Wildman–Crippen MR) is 122 cm³/mol. The third-order valence-electron chi connectivity index (χ3n) is 4.64. The number of ketones is 1. The number of nitrogens with one attached hydrogen (secondary N) is 1. The fraction of sp³-hybridized carbons (Fsp3) is 0.391. The van der Waals surface area contributed by atoms with E-state index in [0.29, 0.717) is 5.56 Å². The maximum atomic E-state index is 12.8. The fourth-order valence-electron chi connectivity index (χ4n) is 2.97. The van der Waals surface area contributed by atoms with Gasteiger partial charge >= 0.3 is 5.97 Å². The summed E-state index contributed by atoms with van der Waals surface area (Å²) >= 11 is 0. The van der Waals surface area contributed by atoms with Gasteiger partial charge in [0.05, 0.1) is 12.4 Å². The van der Waals surface area contributed by atoms with Crippen molar-refractivity contribution in [3.8, 4) is 17.6 Å². The van der Waals surface area contributed by atoms with Gasteiger partial charge in [0, 0.05) is 30.5 Å². The highest BCUT2D eigenvalue weighted by atomic mass is 32.2. The van der Waals surface area contributed by atoms with Crippen LogP contribution in [0, 0.1) is 11.8 Å². The number of sulfonamides is 1. The molecule has 10 heteroatoms. The van der Waals surface area contributed by atoms with Crippen LogP contribution in [0.3, 0.4) is 0 Å². The van der Waals surface area contributed by atoms with Gasteiger partial charge in [-0.15, -0.1) is 0 Å². The van der Waals surface area contributed by atoms with Gasteiger partial charge in [0.15, 0.2) is 5.78 Å². The highest BCUT2D eigenvalue weighted by molar-refractivity contribution is 7.88. The van der Waals surface area contributed by atoms with Crippen LogP contribution in [0.1, 0.15) is 47.7 Å². The van der Waals surface area contributed by atoms with Crippen molar-refractivity contribution in [2.45, 2.75) is 44.5 Å². The molecule has 0 spiro atoms. The van der Waals surface area contributed by atoms with Crippen LogP contribution in [0.5, 0.6) is 5.75 Å². The number of phenols is 1. The molecule has 1 heterocycles. The second-order valence-electron chi connectivity index (χ2n) is 7.55. The number of rotatable bonds is 3. The Morgan fingerprint density at radius 3 is 2.55 bits per heavy atom. The molecule has 0 bridgehead atoms. The first-order valence-electron chi connectivity index (χ1n) is 10.2. The van der Waals surface area contributed by atoms with Gasteiger partial charge in [-0.25, -0.2) is 17.9 Å². The van der Waals surface area contributed by atoms with E-state index in [9.17, 15) is 33.3 Å². The Hall–Kier alpha value is -2.97. The molecule has 1 aromatic rings. The SMILES string of the molecule is C[C@@H]1C/C=C\C(=O)[C@H](O)[C@H](O)C/C=C\c2c(C#CCCNS(C)(=O)=O)ccc(O)c2C(=O)O1. The van der Waals surface area contributed by atoms with Crippen LogP contribution in [0.25, 0.3) is 6.08 Å². The molecule has 3 atom stereocenters. The summed E-state index contributed by atoms with van der Waals surface area (Å²) in [5.41, 5.74) is 0.476. The van der Waals surface area contributed by atoms with Crippen LogP contribution in [-0.4, -0.2) is 66.6 Å². The molecule has 1 aliphatic heterocycles. The standard InChI is InChI=1S/C23H27NO8S/c1-15-7-5-10-19(26)22(28)20(27)11-6-9-17-16(8-3-4-14-24-33(2,30)31)12-13-18(25)21(17)23(29)32-15/h5-6,9-10,12-13,15,20,22,24-25,27-28H,4,7,11,14H2,1-2H3/b9-6-,10-5-/t15-,20-,22+/m1/s1. The van der Waals surface area contributed by atoms with Gasteiger partial charge in [0.1, 0.15) is 23.5 Å². The van der Waals surface area contributed by atoms with Crippen LogP contribution in [0.15, 0.2) is 30.4 Å². The number of aliphatic hydroxyl groups excluding tert-OH is 2. The minimum absolute atomic E-state index is 0.104. The number of phenolic OH excluding ortho intramolecular Hbond substituents is 1. The van der Waals surface area contributed by atoms with Gasteiger partial charge in [-0.1, -0.05) is 30.1 Å². The van der Waals surface area contributed by atoms with Crippen molar-refractivity contribution in [1.29, 1.82) is 0 Å². The number of fused-ring (bicyclic) bond motifs is 1. The van der Waals surface area contributed by atoms with E-state index in [1.54, 1.807) is 6.92 Å². The monoisotopic (exact) mass is 477 g/mol. The minimum Gasteiger partial charge on any atom is -0.507 e. The summed E-state index contributed by atoms with van der Waals surface area (Å²) in [6, 6.07) is 2.80. The van der Waals surface area contributed by atoms with Gasteiger partial charge in [0.2, 0.25) is 10.0 Å². The third-order valence-corrected chi connectivity index (χ3v) is 5.37. The number of carbonyl (C=O) groups excluding carboxylic acids is 2. The lowest BCUT2D eigenvalue weighted by Crippen LogP contribution is -2.32. The van der Waals surface area contributed by atoms with E-state index in [4.69, 9.17) is 4.74 Å². The van der Waals surface area contributed by atoms with Crippen molar-refractivity contribution in [3.05, 3.63) is 47.1 Å². The molecule has 0 amide bonds. The van der Waals surface area contributed by atoms with E-state index in [1.807, 2.05) is 0 Å². The molecular weight excluding hydrogens is 450 g/mol. The molecular formula is C23H27NO8S. The quantitative estimate of drug-likeness (QED) is 0.285. The number of aromatic hydroxyl groups is 1. The van der Waals surface area contributed by atoms with Crippen molar-refractivity contribution in [2.24, 2.45) is 0 Å². The molecule has 1 aliphatic rings. The highest BCUT2D eigenvalue weighted by Crippen LogP contribution is 2.28. The Morgan fingerprint density at radius 2 is 1.85 bits per heavy atom. The van der Waals surface area contributed by atoms with E-state index in [-0.39, 0.29) is 42.7 Å². The zero-order valence-corrected chi connectivity index (χ0v) is 19.1. The summed E-state index contributed by atoms with van der Waals surface area (Å²) in [7, 11) is -3.34. The van der Waals surface area contributed by atoms with E-state index >= 15 is 0 Å². The number of aliphatic hydroxyl groups is 2. The molecule has 0 radical (unpaired) electrons. The van der Waals surface area contributed by atoms with E-state index in [1.165, 1.54) is 30.4 Å². The van der Waals surface area contributed by atoms with E-state index < -0.39 is 40.1 Å². The molecule has 1 aromatic carbocycles. The van der Waals surface area contributed by atoms with Crippen molar-refractivity contribution in [1.82, 2.24) is 4.72 Å². The minimum atomic E-state index is -3.34. The highest BCUT2D eigenvalue weighted by Gasteiger charge is 2.24. The second kappa shape index (κ2) is 11.8. The Kier molecular flexibility index (Phi) is 9.37. The summed E-state index contributed by atoms with van der Waals surface area (Å²) in [6.07, 6.45) is 3.15. The summed E-state index contributed by atoms with van der Waals surface area (Å²) < 4.78 is 30.0. The molecule has 4 N–H and O–H groups in total. The number of hydrogen-bond acceptors (Lipinski definition) is 8. The first-order valence-corrected chi connectivity index (χ1v) is 12.1. The summed E-state index contributed by atoms with van der Waals surface area (Å²) in [5, 5.41) is 30.5. The zero-order valence-electron chi connectivity index (χ0n) is 18.3. The Morgan fingerprint density at radius 1 is 1.15 bits per heavy atom. The molecule has 0 aromatic heterocycles. The van der Waals surface area contributed by atoms with Crippen molar-refractivity contribution < 1.29 is 38.1 Å². The lowest BCUT2D eigenvalue weighted by Gasteiger charge is -2.16. The Balaban J connectivity index is 2.44. The lowest BCUT2D eigenvalue weighted by atomic mass is 9.97. The molecule has 33 heavy (non-hydrogen) atoms. The average molecular weight is 478 g/mol. The maximum Gasteiger partial charge on any atom is 0.342 e. The lowest BCUT2D eigenvalue weighted by molar-refractivity contribution is -0.127. The molecule has 0 saturated heterocycles. The first-order chi connectivity index (χ1) is 15.5. The average Bonchev–Trinajstić information content (AvgIpc) is 2.72. The molecule has 0 fully saturated rings. The van der Waals surface area contributed by atoms with Crippen molar-refractivity contribution in [2.75, 3.05) is 12.8 Å². The molecule has 0 unspecified atom stereocenters. The number of cyclic esters (lactones) is 1. The summed E-state index contributed by atoms with van der Waals surface area (Å²) in [6.45, 7) is 1.71. The maximum absolute atomic E-state index is 12.8. The zero-order chi connectivity index (χ0) is 24.6. The van der Waals surface area contributed by atoms with Gasteiger partial charge in [-0.05, 0) is 31.6 Å². The molecule has 2 rings (SSSR count). The van der Waals surface area contributed by atoms with Crippen LogP contribution in [-0.2, 0) is 19.6 Å². The van der Waals surface area contributed by atoms with Crippen LogP contribution in [0.2, 0.25) is 0 Å². The topological polar surface area (TPSA) is 150 Å². The number of esters is 1. The molecule has 9 nitrogen and oxygen atoms in total. The largest absolute Gasteiger partial charge is 0.507 e. The fourth-order valence-corrected chi connectivity index (χ4v) is 3.44. The van der Waals surface area contributed by atoms with E-state index in [2.05, 4.69) is 16.6 Å². The number of carbonyl (C=O) groups is 2. The predicted octanol–water partition coefficient (Wildman–Crippen LogP) is 0.882. The van der Waals surface area contributed by atoms with E-state index in [0.717, 1.165) is 12.3 Å². The van der Waals surface area contributed by atoms with Crippen molar-refractivity contribution >= 4 is 27.9 Å². The van der Waals surface area contributed by atoms with Crippen LogP contribution in [0.4, 0.5) is 0 Å². The molecule has 0 saturated carbocycles. The van der Waals surface area contributed by atoms with Gasteiger partial charge < -0.3 is 20.1 Å². The smallest absolute Gasteiger partial charge is 0.342 e. The van der Waals surface area contributed by atoms with Crippen molar-refractivity contribution in [3.63, 3.8) is 0 Å². The van der Waals surface area contributed by atoms with Gasteiger partial charge in [-0.3, -0.25) is 4.79 Å². The van der Waals surface area contributed by atoms with Crippen LogP contribution >= 0.6 is 0 Å². The Bertz CT molecular complexity index is 1110. The third kappa shape index (κ3) is 8.14. The molecule has 0 aliphatic carbocycles. The first kappa shape index (κ1) is 26.3. The summed E-state index contributed by atoms with van der Waals surface area (Å²) in [5.74, 6) is 3.87. The number of hydrogen-bond donors (Lipinski definition) is 4. The van der Waals surface area contributed by atoms with Gasteiger partial charge in [0.25, 0.3) is 0 Å². The second-order valence-corrected chi connectivity index (χ2v) is 9.38.